The Morgan fingerprint density at radius 2 is 2.26 bits per heavy atom. The zero-order chi connectivity index (χ0) is 13.5. The number of hydrogen-bond acceptors (Lipinski definition) is 2. The SMILES string of the molecule is O=C(NCC1(CO)CC1)C1CC1c1cccc(F)c1. The van der Waals surface area contributed by atoms with Crippen molar-refractivity contribution in [3.8, 4) is 0 Å². The molecule has 0 radical (unpaired) electrons. The van der Waals surface area contributed by atoms with Crippen molar-refractivity contribution in [1.29, 1.82) is 0 Å². The van der Waals surface area contributed by atoms with Crippen molar-refractivity contribution in [1.82, 2.24) is 5.32 Å². The molecule has 2 fully saturated rings. The Morgan fingerprint density at radius 3 is 2.89 bits per heavy atom. The summed E-state index contributed by atoms with van der Waals surface area (Å²) in [6, 6.07) is 6.48. The Kier molecular flexibility index (Phi) is 3.05. The van der Waals surface area contributed by atoms with E-state index in [2.05, 4.69) is 5.32 Å². The lowest BCUT2D eigenvalue weighted by Crippen LogP contribution is -2.33. The first-order chi connectivity index (χ1) is 9.13. The zero-order valence-electron chi connectivity index (χ0n) is 10.7. The molecule has 1 aromatic rings. The predicted molar refractivity (Wildman–Crippen MR) is 69.0 cm³/mol. The molecule has 0 aromatic heterocycles. The molecule has 0 aliphatic heterocycles. The summed E-state index contributed by atoms with van der Waals surface area (Å²) in [4.78, 5) is 12.0. The van der Waals surface area contributed by atoms with Crippen molar-refractivity contribution < 1.29 is 14.3 Å². The van der Waals surface area contributed by atoms with E-state index < -0.39 is 0 Å². The highest BCUT2D eigenvalue weighted by molar-refractivity contribution is 5.82. The van der Waals surface area contributed by atoms with Crippen LogP contribution in [0.4, 0.5) is 4.39 Å². The van der Waals surface area contributed by atoms with Crippen LogP contribution in [0.3, 0.4) is 0 Å². The van der Waals surface area contributed by atoms with Gasteiger partial charge in [0.2, 0.25) is 5.91 Å². The molecule has 4 heteroatoms. The smallest absolute Gasteiger partial charge is 0.223 e. The third-order valence-corrected chi connectivity index (χ3v) is 4.33. The summed E-state index contributed by atoms with van der Waals surface area (Å²) in [5.74, 6) is -0.0916. The molecule has 1 amide bonds. The highest BCUT2D eigenvalue weighted by Gasteiger charge is 2.46. The Bertz CT molecular complexity index is 499. The van der Waals surface area contributed by atoms with Gasteiger partial charge in [0.05, 0.1) is 6.61 Å². The fraction of sp³-hybridized carbons (Fsp3) is 0.533. The summed E-state index contributed by atoms with van der Waals surface area (Å²) >= 11 is 0. The van der Waals surface area contributed by atoms with E-state index in [0.29, 0.717) is 6.54 Å². The average molecular weight is 263 g/mol. The molecule has 3 nitrogen and oxygen atoms in total. The van der Waals surface area contributed by atoms with E-state index in [1.165, 1.54) is 12.1 Å². The monoisotopic (exact) mass is 263 g/mol. The molecule has 2 aliphatic carbocycles. The summed E-state index contributed by atoms with van der Waals surface area (Å²) < 4.78 is 13.1. The van der Waals surface area contributed by atoms with E-state index >= 15 is 0 Å². The highest BCUT2D eigenvalue weighted by atomic mass is 19.1. The van der Waals surface area contributed by atoms with Gasteiger partial charge in [-0.05, 0) is 42.9 Å². The van der Waals surface area contributed by atoms with Crippen LogP contribution in [-0.2, 0) is 4.79 Å². The van der Waals surface area contributed by atoms with Gasteiger partial charge in [0, 0.05) is 17.9 Å². The molecule has 0 heterocycles. The van der Waals surface area contributed by atoms with E-state index in [9.17, 15) is 14.3 Å². The van der Waals surface area contributed by atoms with Gasteiger partial charge in [0.15, 0.2) is 0 Å². The molecule has 0 saturated heterocycles. The van der Waals surface area contributed by atoms with E-state index in [0.717, 1.165) is 24.8 Å². The normalized spacial score (nSPS) is 26.8. The minimum absolute atomic E-state index is 0.0312. The van der Waals surface area contributed by atoms with Crippen LogP contribution in [0.25, 0.3) is 0 Å². The summed E-state index contributed by atoms with van der Waals surface area (Å²) in [5, 5.41) is 12.1. The van der Waals surface area contributed by atoms with Gasteiger partial charge in [-0.25, -0.2) is 4.39 Å². The number of rotatable bonds is 5. The standard InChI is InChI=1S/C15H18FNO2/c16-11-3-1-2-10(6-11)12-7-13(12)14(19)17-8-15(9-18)4-5-15/h1-3,6,12-13,18H,4-5,7-9H2,(H,17,19). The van der Waals surface area contributed by atoms with Gasteiger partial charge in [-0.2, -0.15) is 0 Å². The van der Waals surface area contributed by atoms with Crippen molar-refractivity contribution >= 4 is 5.91 Å². The maximum absolute atomic E-state index is 13.1. The second-order valence-electron chi connectivity index (χ2n) is 5.88. The van der Waals surface area contributed by atoms with Crippen LogP contribution in [0.5, 0.6) is 0 Å². The molecule has 0 bridgehead atoms. The number of carbonyl (C=O) groups excluding carboxylic acids is 1. The van der Waals surface area contributed by atoms with E-state index in [4.69, 9.17) is 0 Å². The Balaban J connectivity index is 1.53. The van der Waals surface area contributed by atoms with Crippen LogP contribution in [0.1, 0.15) is 30.7 Å². The zero-order valence-corrected chi connectivity index (χ0v) is 10.7. The predicted octanol–water partition coefficient (Wildman–Crippen LogP) is 1.82. The van der Waals surface area contributed by atoms with Gasteiger partial charge in [-0.15, -0.1) is 0 Å². The second kappa shape index (κ2) is 4.60. The molecular formula is C15H18FNO2. The molecule has 3 rings (SSSR count). The van der Waals surface area contributed by atoms with Gasteiger partial charge < -0.3 is 10.4 Å². The van der Waals surface area contributed by atoms with Crippen molar-refractivity contribution in [2.45, 2.75) is 25.2 Å². The molecule has 2 N–H and O–H groups in total. The lowest BCUT2D eigenvalue weighted by atomic mass is 10.1. The maximum atomic E-state index is 13.1. The molecule has 0 spiro atoms. The molecule has 2 atom stereocenters. The summed E-state index contributed by atoms with van der Waals surface area (Å²) in [7, 11) is 0. The number of hydrogen-bond donors (Lipinski definition) is 2. The number of benzene rings is 1. The van der Waals surface area contributed by atoms with Crippen LogP contribution in [0.15, 0.2) is 24.3 Å². The van der Waals surface area contributed by atoms with Gasteiger partial charge in [0.1, 0.15) is 5.82 Å². The number of aliphatic hydroxyl groups is 1. The topological polar surface area (TPSA) is 49.3 Å². The second-order valence-corrected chi connectivity index (χ2v) is 5.88. The van der Waals surface area contributed by atoms with E-state index in [-0.39, 0.29) is 35.6 Å². The minimum Gasteiger partial charge on any atom is -0.396 e. The average Bonchev–Trinajstić information content (AvgIpc) is 3.30. The molecule has 1 aromatic carbocycles. The summed E-state index contributed by atoms with van der Waals surface area (Å²) in [5.41, 5.74) is 0.849. The fourth-order valence-electron chi connectivity index (χ4n) is 2.56. The first-order valence-corrected chi connectivity index (χ1v) is 6.78. The van der Waals surface area contributed by atoms with Crippen molar-refractivity contribution in [2.24, 2.45) is 11.3 Å². The third kappa shape index (κ3) is 2.63. The van der Waals surface area contributed by atoms with Crippen LogP contribution < -0.4 is 5.32 Å². The van der Waals surface area contributed by atoms with Crippen LogP contribution in [0.2, 0.25) is 0 Å². The van der Waals surface area contributed by atoms with E-state index in [1.807, 2.05) is 6.07 Å². The number of nitrogens with one attached hydrogen (secondary N) is 1. The third-order valence-electron chi connectivity index (χ3n) is 4.33. The van der Waals surface area contributed by atoms with E-state index in [1.54, 1.807) is 6.07 Å². The number of carbonyl (C=O) groups is 1. The molecule has 2 unspecified atom stereocenters. The number of aliphatic hydroxyl groups excluding tert-OH is 1. The van der Waals surface area contributed by atoms with Crippen LogP contribution >= 0.6 is 0 Å². The molecule has 2 saturated carbocycles. The lowest BCUT2D eigenvalue weighted by Gasteiger charge is -2.12. The largest absolute Gasteiger partial charge is 0.396 e. The highest BCUT2D eigenvalue weighted by Crippen LogP contribution is 2.48. The Labute approximate surface area is 111 Å². The molecule has 102 valence electrons. The van der Waals surface area contributed by atoms with Crippen molar-refractivity contribution in [3.05, 3.63) is 35.6 Å². The summed E-state index contributed by atoms with van der Waals surface area (Å²) in [6.07, 6.45) is 2.77. The summed E-state index contributed by atoms with van der Waals surface area (Å²) in [6.45, 7) is 0.708. The first-order valence-electron chi connectivity index (χ1n) is 6.78. The van der Waals surface area contributed by atoms with Gasteiger partial charge in [-0.3, -0.25) is 4.79 Å². The number of halogens is 1. The van der Waals surface area contributed by atoms with Crippen molar-refractivity contribution in [2.75, 3.05) is 13.2 Å². The molecule has 2 aliphatic rings. The minimum atomic E-state index is -0.249. The van der Waals surface area contributed by atoms with Crippen LogP contribution in [-0.4, -0.2) is 24.2 Å². The quantitative estimate of drug-likeness (QED) is 0.851. The molecular weight excluding hydrogens is 245 g/mol. The van der Waals surface area contributed by atoms with Gasteiger partial charge >= 0.3 is 0 Å². The number of amides is 1. The Hall–Kier alpha value is -1.42. The van der Waals surface area contributed by atoms with Crippen LogP contribution in [0, 0.1) is 17.2 Å². The molecule has 19 heavy (non-hydrogen) atoms. The fourth-order valence-corrected chi connectivity index (χ4v) is 2.56. The lowest BCUT2D eigenvalue weighted by molar-refractivity contribution is -0.122. The maximum Gasteiger partial charge on any atom is 0.223 e. The first kappa shape index (κ1) is 12.6. The van der Waals surface area contributed by atoms with Crippen molar-refractivity contribution in [3.63, 3.8) is 0 Å². The van der Waals surface area contributed by atoms with Gasteiger partial charge in [0.25, 0.3) is 0 Å². The Morgan fingerprint density at radius 1 is 1.47 bits per heavy atom. The van der Waals surface area contributed by atoms with Gasteiger partial charge in [-0.1, -0.05) is 12.1 Å².